The number of aromatic nitrogens is 2. The monoisotopic (exact) mass is 209 g/mol. The lowest BCUT2D eigenvalue weighted by atomic mass is 10.3. The molecular weight excluding hydrogens is 202 g/mol. The van der Waals surface area contributed by atoms with Gasteiger partial charge in [0.15, 0.2) is 0 Å². The Hall–Kier alpha value is -1.55. The number of nitrogens with one attached hydrogen (secondary N) is 1. The van der Waals surface area contributed by atoms with Crippen molar-refractivity contribution in [3.8, 4) is 0 Å². The summed E-state index contributed by atoms with van der Waals surface area (Å²) in [4.78, 5) is 7.99. The quantitative estimate of drug-likeness (QED) is 0.843. The number of rotatable bonds is 3. The van der Waals surface area contributed by atoms with Crippen molar-refractivity contribution in [3.05, 3.63) is 41.6 Å². The lowest BCUT2D eigenvalue weighted by Crippen LogP contribution is -2.01. The Balaban J connectivity index is 1.95. The molecule has 0 aromatic carbocycles. The smallest absolute Gasteiger partial charge is 0.222 e. The van der Waals surface area contributed by atoms with E-state index in [0.717, 1.165) is 5.56 Å². The molecule has 0 saturated carbocycles. The molecule has 0 radical (unpaired) electrons. The van der Waals surface area contributed by atoms with E-state index < -0.39 is 0 Å². The molecule has 4 nitrogen and oxygen atoms in total. The summed E-state index contributed by atoms with van der Waals surface area (Å²) in [6.45, 7) is 0.637. The highest BCUT2D eigenvalue weighted by Crippen LogP contribution is 2.07. The van der Waals surface area contributed by atoms with Crippen LogP contribution in [0.5, 0.6) is 0 Å². The standard InChI is InChI=1S/C9H8ClN3O/c10-8-4-12-9(13-5-8)11-3-7-1-2-14-6-7/h1-2,4-6H,3H2,(H,11,12,13). The van der Waals surface area contributed by atoms with Crippen LogP contribution in [0.2, 0.25) is 5.02 Å². The van der Waals surface area contributed by atoms with Crippen LogP contribution in [0, 0.1) is 0 Å². The van der Waals surface area contributed by atoms with E-state index >= 15 is 0 Å². The molecular formula is C9H8ClN3O. The Kier molecular flexibility index (Phi) is 2.65. The number of nitrogens with zero attached hydrogens (tertiary/aromatic N) is 2. The molecule has 0 bridgehead atoms. The molecule has 2 aromatic heterocycles. The molecule has 0 fully saturated rings. The maximum atomic E-state index is 5.64. The minimum atomic E-state index is 0.527. The van der Waals surface area contributed by atoms with Crippen molar-refractivity contribution in [2.75, 3.05) is 5.32 Å². The van der Waals surface area contributed by atoms with E-state index in [1.165, 1.54) is 0 Å². The lowest BCUT2D eigenvalue weighted by Gasteiger charge is -2.01. The zero-order valence-corrected chi connectivity index (χ0v) is 8.03. The third-order valence-electron chi connectivity index (χ3n) is 1.65. The second-order valence-corrected chi connectivity index (χ2v) is 3.15. The van der Waals surface area contributed by atoms with Crippen LogP contribution >= 0.6 is 11.6 Å². The van der Waals surface area contributed by atoms with Crippen LogP contribution in [-0.4, -0.2) is 9.97 Å². The fourth-order valence-electron chi connectivity index (χ4n) is 0.978. The van der Waals surface area contributed by atoms with Gasteiger partial charge in [0.1, 0.15) is 0 Å². The van der Waals surface area contributed by atoms with Crippen molar-refractivity contribution in [2.45, 2.75) is 6.54 Å². The number of hydrogen-bond donors (Lipinski definition) is 1. The highest BCUT2D eigenvalue weighted by atomic mass is 35.5. The number of hydrogen-bond acceptors (Lipinski definition) is 4. The molecule has 14 heavy (non-hydrogen) atoms. The van der Waals surface area contributed by atoms with Gasteiger partial charge in [-0.3, -0.25) is 0 Å². The zero-order chi connectivity index (χ0) is 9.80. The summed E-state index contributed by atoms with van der Waals surface area (Å²) in [5.74, 6) is 0.551. The fourth-order valence-corrected chi connectivity index (χ4v) is 1.08. The Morgan fingerprint density at radius 3 is 2.79 bits per heavy atom. The maximum absolute atomic E-state index is 5.64. The molecule has 0 aliphatic rings. The SMILES string of the molecule is Clc1cnc(NCc2ccoc2)nc1. The van der Waals surface area contributed by atoms with Crippen molar-refractivity contribution in [2.24, 2.45) is 0 Å². The fraction of sp³-hybridized carbons (Fsp3) is 0.111. The van der Waals surface area contributed by atoms with Crippen molar-refractivity contribution >= 4 is 17.5 Å². The molecule has 0 atom stereocenters. The molecule has 0 spiro atoms. The Morgan fingerprint density at radius 1 is 1.36 bits per heavy atom. The van der Waals surface area contributed by atoms with Gasteiger partial charge < -0.3 is 9.73 Å². The average Bonchev–Trinajstić information content (AvgIpc) is 2.70. The van der Waals surface area contributed by atoms with Gasteiger partial charge in [-0.05, 0) is 6.07 Å². The minimum absolute atomic E-state index is 0.527. The summed E-state index contributed by atoms with van der Waals surface area (Å²) in [6.07, 6.45) is 6.39. The minimum Gasteiger partial charge on any atom is -0.472 e. The van der Waals surface area contributed by atoms with Crippen molar-refractivity contribution < 1.29 is 4.42 Å². The van der Waals surface area contributed by atoms with Gasteiger partial charge in [-0.25, -0.2) is 9.97 Å². The van der Waals surface area contributed by atoms with Gasteiger partial charge in [0, 0.05) is 12.1 Å². The summed E-state index contributed by atoms with van der Waals surface area (Å²) in [5.41, 5.74) is 1.04. The third kappa shape index (κ3) is 2.23. The molecule has 72 valence electrons. The van der Waals surface area contributed by atoms with Gasteiger partial charge in [-0.15, -0.1) is 0 Å². The van der Waals surface area contributed by atoms with Crippen LogP contribution < -0.4 is 5.32 Å². The average molecular weight is 210 g/mol. The number of halogens is 1. The Bertz CT molecular complexity index is 385. The van der Waals surface area contributed by atoms with Gasteiger partial charge in [0.25, 0.3) is 0 Å². The topological polar surface area (TPSA) is 51.0 Å². The summed E-state index contributed by atoms with van der Waals surface area (Å²) in [7, 11) is 0. The second-order valence-electron chi connectivity index (χ2n) is 2.71. The Morgan fingerprint density at radius 2 is 2.14 bits per heavy atom. The summed E-state index contributed by atoms with van der Waals surface area (Å²) < 4.78 is 4.92. The van der Waals surface area contributed by atoms with Crippen molar-refractivity contribution in [3.63, 3.8) is 0 Å². The van der Waals surface area contributed by atoms with Crippen molar-refractivity contribution in [1.82, 2.24) is 9.97 Å². The summed E-state index contributed by atoms with van der Waals surface area (Å²) >= 11 is 5.64. The summed E-state index contributed by atoms with van der Waals surface area (Å²) in [6, 6.07) is 1.88. The number of furan rings is 1. The van der Waals surface area contributed by atoms with Gasteiger partial charge in [-0.2, -0.15) is 0 Å². The van der Waals surface area contributed by atoms with Crippen LogP contribution in [0.15, 0.2) is 35.4 Å². The predicted octanol–water partition coefficient (Wildman–Crippen LogP) is 2.34. The van der Waals surface area contributed by atoms with Crippen LogP contribution in [-0.2, 0) is 6.54 Å². The van der Waals surface area contributed by atoms with E-state index in [0.29, 0.717) is 17.5 Å². The van der Waals surface area contributed by atoms with Crippen LogP contribution in [0.4, 0.5) is 5.95 Å². The van der Waals surface area contributed by atoms with E-state index in [-0.39, 0.29) is 0 Å². The van der Waals surface area contributed by atoms with Gasteiger partial charge >= 0.3 is 0 Å². The van der Waals surface area contributed by atoms with E-state index in [1.807, 2.05) is 6.07 Å². The second kappa shape index (κ2) is 4.11. The molecule has 0 amide bonds. The molecule has 2 rings (SSSR count). The first-order valence-corrected chi connectivity index (χ1v) is 4.45. The Labute approximate surface area is 85.9 Å². The molecule has 1 N–H and O–H groups in total. The normalized spacial score (nSPS) is 10.1. The molecule has 0 saturated heterocycles. The number of anilines is 1. The lowest BCUT2D eigenvalue weighted by molar-refractivity contribution is 0.564. The van der Waals surface area contributed by atoms with E-state index in [4.69, 9.17) is 16.0 Å². The van der Waals surface area contributed by atoms with Crippen molar-refractivity contribution in [1.29, 1.82) is 0 Å². The van der Waals surface area contributed by atoms with Crippen LogP contribution in [0.1, 0.15) is 5.56 Å². The maximum Gasteiger partial charge on any atom is 0.222 e. The molecule has 2 aromatic rings. The van der Waals surface area contributed by atoms with Gasteiger partial charge in [0.2, 0.25) is 5.95 Å². The first-order chi connectivity index (χ1) is 6.84. The molecule has 0 unspecified atom stereocenters. The van der Waals surface area contributed by atoms with E-state index in [1.54, 1.807) is 24.9 Å². The third-order valence-corrected chi connectivity index (χ3v) is 1.85. The molecule has 5 heteroatoms. The zero-order valence-electron chi connectivity index (χ0n) is 7.27. The van der Waals surface area contributed by atoms with Crippen LogP contribution in [0.3, 0.4) is 0 Å². The van der Waals surface area contributed by atoms with Crippen LogP contribution in [0.25, 0.3) is 0 Å². The highest BCUT2D eigenvalue weighted by Gasteiger charge is 1.97. The molecule has 0 aliphatic heterocycles. The predicted molar refractivity (Wildman–Crippen MR) is 53.1 cm³/mol. The molecule has 2 heterocycles. The first-order valence-electron chi connectivity index (χ1n) is 4.07. The summed E-state index contributed by atoms with van der Waals surface area (Å²) in [5, 5.41) is 3.56. The van der Waals surface area contributed by atoms with E-state index in [2.05, 4.69) is 15.3 Å². The molecule has 0 aliphatic carbocycles. The highest BCUT2D eigenvalue weighted by molar-refractivity contribution is 6.30. The first kappa shape index (κ1) is 9.02. The van der Waals surface area contributed by atoms with Gasteiger partial charge in [0.05, 0.1) is 29.9 Å². The van der Waals surface area contributed by atoms with Gasteiger partial charge in [-0.1, -0.05) is 11.6 Å². The van der Waals surface area contributed by atoms with E-state index in [9.17, 15) is 0 Å². The largest absolute Gasteiger partial charge is 0.472 e.